The van der Waals surface area contributed by atoms with Crippen molar-refractivity contribution in [1.82, 2.24) is 49.7 Å². The van der Waals surface area contributed by atoms with Gasteiger partial charge in [-0.3, -0.25) is 65.6 Å². The molecule has 702 valence electrons. The Bertz CT molecular complexity index is 5970. The van der Waals surface area contributed by atoms with Crippen LogP contribution in [0.3, 0.4) is 0 Å². The molecule has 0 unspecified atom stereocenters. The number of para-hydroxylation sites is 1. The van der Waals surface area contributed by atoms with Crippen LogP contribution in [0.1, 0.15) is 175 Å². The summed E-state index contributed by atoms with van der Waals surface area (Å²) in [5, 5.41) is 101. The second-order valence-corrected chi connectivity index (χ2v) is 32.9. The zero-order valence-corrected chi connectivity index (χ0v) is 79.4. The van der Waals surface area contributed by atoms with Gasteiger partial charge in [-0.15, -0.1) is 5.34 Å². The number of aromatic amines is 2. The van der Waals surface area contributed by atoms with E-state index in [1.165, 1.54) is 60.5 Å². The number of aliphatic hydroxyl groups is 1. The number of benzene rings is 7. The fourth-order valence-corrected chi connectivity index (χ4v) is 10.8. The van der Waals surface area contributed by atoms with Gasteiger partial charge in [-0.1, -0.05) is 49.9 Å². The molecule has 0 fully saturated rings. The number of nitro benzene ring substituents is 5. The van der Waals surface area contributed by atoms with E-state index in [2.05, 4.69) is 45.7 Å². The Kier molecular flexibility index (Phi) is 43.4. The SMILES string of the molecule is C.CC(=O)Nc1c(C)cccc1C.CC(C)(C)OC(=O)OC(=O)OC(C)(C)C.CCO.Cc1c([N+](=O)[O-])ccc2cn(C(=O)OC(C)(C)C)nc12.Cc1c([N+](=O)[O-])ccc2cn[nH]c12.Cc1ccc(N)c2cn(C(=O)OC(C)(C)C)nc12.Cc1ccc([N+](=O)[O-])c(C)c1N.Cc1ccc([N+](=O)[O-])c2cn(C(=O)OC(C)(C)C)nc12.Cc1ccc([N+](=O)[O-])c2cn[nH]c12.O=N[O-].[Na+]. The Morgan fingerprint density at radius 2 is 0.779 bits per heavy atom. The maximum atomic E-state index is 11.9. The molecule has 5 heterocycles. The van der Waals surface area contributed by atoms with Gasteiger partial charge in [0.25, 0.3) is 28.4 Å². The van der Waals surface area contributed by atoms with Crippen molar-refractivity contribution < 1.29 is 116 Å². The van der Waals surface area contributed by atoms with E-state index in [4.69, 9.17) is 50.4 Å². The number of nitrogen functional groups attached to an aromatic ring is 2. The number of ether oxygens (including phenoxy) is 6. The maximum Gasteiger partial charge on any atom is 1.00 e. The first-order valence-corrected chi connectivity index (χ1v) is 38.9. The standard InChI is InChI=1S/2C13H15N3O4.C13H17N3O2.C10H13NO.C10H18O5.2C8H7N3O2.C8H10N2O2.C2H6O.CH4.HNO2.Na/c1-8-10(16(18)19)6-5-9-7-15(14-11(8)9)12(17)20-13(2,3)4;1-8-5-6-10(16(18)19)9-7-15(14-11(8)9)12(17)20-13(2,3)4;1-8-5-6-10(14)9-7-16(15-11(8)9)12(17)18-13(2,3)4;1-7-5-4-6-8(2)10(7)11-9(3)12;1-9(2,3)14-7(11)13-8(12)15-10(4,5)6;1-5-7(11(12)13)3-2-6-4-9-10-8(5)6;1-5-2-3-7(11(12)13)6-4-9-10-8(5)6;1-5-3-4-7(10(11)12)6(2)8(5)9;1-2-3;;2-1-3;/h2*5-7H,1-4H3;5-7H,14H2,1-4H3;4-6H,1-3H3,(H,11,12);1-6H3;2*2-4H,1H3,(H,9,10);3-4H,9H2,1-2H3;3H,2H2,1H3;1H4;(H,2,3);/q;;;;;;;;;;;+1/p-1. The summed E-state index contributed by atoms with van der Waals surface area (Å²) in [6.45, 7) is 45.7. The van der Waals surface area contributed by atoms with Gasteiger partial charge in [0.05, 0.1) is 81.7 Å². The summed E-state index contributed by atoms with van der Waals surface area (Å²) in [7, 11) is 0. The van der Waals surface area contributed by atoms with E-state index < -0.39 is 83.2 Å². The number of amides is 1. The van der Waals surface area contributed by atoms with Crippen LogP contribution < -0.4 is 46.3 Å². The van der Waals surface area contributed by atoms with E-state index in [1.54, 1.807) is 166 Å². The Balaban J connectivity index is 0.000000745. The number of hydrogen-bond acceptors (Lipinski definition) is 33. The van der Waals surface area contributed by atoms with Crippen molar-refractivity contribution in [2.75, 3.05) is 23.4 Å². The molecular weight excluding hydrogens is 1720 g/mol. The molecule has 0 radical (unpaired) electrons. The molecule has 12 aromatic rings. The first-order chi connectivity index (χ1) is 59.5. The molecule has 7 aromatic carbocycles. The molecule has 0 atom stereocenters. The number of rotatable bonds is 6. The third-order valence-corrected chi connectivity index (χ3v) is 16.5. The van der Waals surface area contributed by atoms with E-state index in [0.29, 0.717) is 55.3 Å². The topological polar surface area (TPSA) is 621 Å². The number of nitrogens with one attached hydrogen (secondary N) is 3. The fraction of sp³-hybridized carbons (Fsp3) is 0.384. The number of carbonyl (C=O) groups excluding carboxylic acids is 6. The van der Waals surface area contributed by atoms with Crippen molar-refractivity contribution in [3.05, 3.63) is 233 Å². The Morgan fingerprint density at radius 3 is 1.20 bits per heavy atom. The molecule has 5 aromatic heterocycles. The van der Waals surface area contributed by atoms with Crippen LogP contribution in [0, 0.1) is 123 Å². The maximum absolute atomic E-state index is 11.9. The van der Waals surface area contributed by atoms with Crippen molar-refractivity contribution in [2.45, 2.75) is 215 Å². The third-order valence-electron chi connectivity index (χ3n) is 16.5. The number of non-ortho nitro benzene ring substituents is 2. The summed E-state index contributed by atoms with van der Waals surface area (Å²) in [5.41, 5.74) is 20.9. The minimum absolute atomic E-state index is 0. The minimum atomic E-state index is -1.06. The zero-order valence-electron chi connectivity index (χ0n) is 77.4. The summed E-state index contributed by atoms with van der Waals surface area (Å²) in [6, 6.07) is 25.1. The van der Waals surface area contributed by atoms with E-state index >= 15 is 0 Å². The van der Waals surface area contributed by atoms with Gasteiger partial charge in [0, 0.05) is 95.0 Å². The van der Waals surface area contributed by atoms with Crippen LogP contribution in [0.5, 0.6) is 0 Å². The number of nitro groups is 5. The second-order valence-electron chi connectivity index (χ2n) is 32.9. The normalized spacial score (nSPS) is 10.6. The minimum Gasteiger partial charge on any atom is -0.444 e. The van der Waals surface area contributed by atoms with Gasteiger partial charge in [-0.2, -0.15) is 39.5 Å². The number of H-pyrrole nitrogens is 2. The van der Waals surface area contributed by atoms with Crippen LogP contribution in [0.15, 0.2) is 127 Å². The first kappa shape index (κ1) is 114. The van der Waals surface area contributed by atoms with Crippen LogP contribution in [0.2, 0.25) is 0 Å². The average Bonchev–Trinajstić information content (AvgIpc) is 1.65. The number of aryl methyl sites for hydroxylation is 8. The van der Waals surface area contributed by atoms with Gasteiger partial charge in [-0.25, -0.2) is 24.0 Å². The molecule has 44 nitrogen and oxygen atoms in total. The molecule has 0 spiro atoms. The molecule has 12 rings (SSSR count). The van der Waals surface area contributed by atoms with Crippen molar-refractivity contribution in [3.63, 3.8) is 0 Å². The van der Waals surface area contributed by atoms with Crippen molar-refractivity contribution >= 4 is 137 Å². The summed E-state index contributed by atoms with van der Waals surface area (Å²) in [5.74, 6) is -0.0209. The smallest absolute Gasteiger partial charge is 0.444 e. The molecule has 0 saturated carbocycles. The molecule has 0 aliphatic carbocycles. The van der Waals surface area contributed by atoms with Gasteiger partial charge < -0.3 is 60.4 Å². The largest absolute Gasteiger partial charge is 1.00 e. The van der Waals surface area contributed by atoms with Gasteiger partial charge in [0.2, 0.25) is 5.91 Å². The van der Waals surface area contributed by atoms with Crippen LogP contribution in [-0.4, -0.2) is 151 Å². The van der Waals surface area contributed by atoms with Crippen LogP contribution >= 0.6 is 0 Å². The van der Waals surface area contributed by atoms with E-state index in [0.717, 1.165) is 81.1 Å². The zero-order chi connectivity index (χ0) is 98.6. The number of fused-ring (bicyclic) bond motifs is 5. The number of aliphatic hydroxyl groups excluding tert-OH is 1. The molecule has 8 N–H and O–H groups in total. The first-order valence-electron chi connectivity index (χ1n) is 38.9. The summed E-state index contributed by atoms with van der Waals surface area (Å²) < 4.78 is 32.7. The van der Waals surface area contributed by atoms with Gasteiger partial charge in [0.15, 0.2) is 0 Å². The number of nitrogens with two attached hydrogens (primary N) is 2. The predicted molar refractivity (Wildman–Crippen MR) is 490 cm³/mol. The van der Waals surface area contributed by atoms with Crippen LogP contribution in [0.4, 0.5) is 69.5 Å². The molecule has 45 heteroatoms. The quantitative estimate of drug-likeness (QED) is 0.0132. The number of aromatic nitrogens is 10. The number of carbonyl (C=O) groups is 6. The molecule has 0 bridgehead atoms. The molecular formula is C86H112N19NaO25. The van der Waals surface area contributed by atoms with Crippen molar-refractivity contribution in [2.24, 2.45) is 5.34 Å². The van der Waals surface area contributed by atoms with Crippen LogP contribution in [-0.2, 0) is 33.2 Å². The van der Waals surface area contributed by atoms with Gasteiger partial charge in [-0.05, 0) is 225 Å². The van der Waals surface area contributed by atoms with E-state index in [9.17, 15) is 79.3 Å². The van der Waals surface area contributed by atoms with Gasteiger partial charge in [0.1, 0.15) is 39.0 Å². The monoisotopic (exact) mass is 1830 g/mol. The van der Waals surface area contributed by atoms with Gasteiger partial charge >= 0.3 is 60.1 Å². The second kappa shape index (κ2) is 49.7. The Morgan fingerprint density at radius 1 is 0.443 bits per heavy atom. The molecule has 0 aliphatic rings. The molecule has 1 amide bonds. The van der Waals surface area contributed by atoms with Crippen molar-refractivity contribution in [1.29, 1.82) is 0 Å². The summed E-state index contributed by atoms with van der Waals surface area (Å²) in [6.07, 6.45) is 3.65. The third kappa shape index (κ3) is 36.3. The van der Waals surface area contributed by atoms with E-state index in [-0.39, 0.29) is 77.9 Å². The fourth-order valence-electron chi connectivity index (χ4n) is 10.8. The predicted octanol–water partition coefficient (Wildman–Crippen LogP) is 17.2. The Hall–Kier alpha value is -14.5. The number of hydrogen-bond donors (Lipinski definition) is 6. The number of nitrogens with zero attached hydrogens (tertiary/aromatic N) is 14. The summed E-state index contributed by atoms with van der Waals surface area (Å²) in [4.78, 5) is 128. The van der Waals surface area contributed by atoms with E-state index in [1.807, 2.05) is 79.7 Å². The average molecular weight is 1830 g/mol. The number of anilines is 3. The molecule has 0 saturated heterocycles. The molecule has 131 heavy (non-hydrogen) atoms. The summed E-state index contributed by atoms with van der Waals surface area (Å²) >= 11 is 0. The van der Waals surface area contributed by atoms with Crippen LogP contribution in [0.25, 0.3) is 54.5 Å². The molecule has 0 aliphatic heterocycles. The Labute approximate surface area is 775 Å². The van der Waals surface area contributed by atoms with Crippen molar-refractivity contribution in [3.8, 4) is 0 Å².